The molecule has 2 aromatic heterocycles. The molecule has 16 heavy (non-hydrogen) atoms. The lowest BCUT2D eigenvalue weighted by molar-refractivity contribution is 0.0690. The number of carboxylic acid groups (broad SMARTS) is 1. The average molecular weight is 236 g/mol. The van der Waals surface area contributed by atoms with Crippen molar-refractivity contribution in [2.75, 3.05) is 0 Å². The summed E-state index contributed by atoms with van der Waals surface area (Å²) in [6.45, 7) is 0. The Morgan fingerprint density at radius 3 is 2.75 bits per heavy atom. The minimum atomic E-state index is -1.09. The number of hydrogen-bond donors (Lipinski definition) is 1. The number of nitrogens with zero attached hydrogens (tertiary/aromatic N) is 3. The number of aromatic carboxylic acids is 1. The Kier molecular flexibility index (Phi) is 2.78. The van der Waals surface area contributed by atoms with Gasteiger partial charge in [-0.1, -0.05) is 11.6 Å². The van der Waals surface area contributed by atoms with E-state index in [0.717, 1.165) is 0 Å². The molecule has 0 radical (unpaired) electrons. The summed E-state index contributed by atoms with van der Waals surface area (Å²) >= 11 is 5.73. The van der Waals surface area contributed by atoms with Crippen LogP contribution in [-0.4, -0.2) is 26.0 Å². The molecule has 0 unspecified atom stereocenters. The fraction of sp³-hybridized carbons (Fsp3) is 0. The molecule has 2 rings (SSSR count). The van der Waals surface area contributed by atoms with Crippen molar-refractivity contribution in [3.05, 3.63) is 41.6 Å². The molecule has 0 saturated heterocycles. The smallest absolute Gasteiger partial charge is 0.354 e. The van der Waals surface area contributed by atoms with E-state index in [9.17, 15) is 4.79 Å². The van der Waals surface area contributed by atoms with Gasteiger partial charge in [-0.05, 0) is 18.2 Å². The predicted octanol–water partition coefficient (Wildman–Crippen LogP) is 1.89. The Labute approximate surface area is 95.8 Å². The van der Waals surface area contributed by atoms with Gasteiger partial charge < -0.3 is 5.11 Å². The third-order valence-electron chi connectivity index (χ3n) is 1.91. The van der Waals surface area contributed by atoms with Crippen LogP contribution in [0.15, 0.2) is 30.7 Å². The molecule has 0 spiro atoms. The molecule has 0 aliphatic carbocycles. The van der Waals surface area contributed by atoms with Gasteiger partial charge in [0.15, 0.2) is 5.69 Å². The predicted molar refractivity (Wildman–Crippen MR) is 57.2 cm³/mol. The van der Waals surface area contributed by atoms with Crippen molar-refractivity contribution < 1.29 is 9.90 Å². The zero-order valence-electron chi connectivity index (χ0n) is 7.96. The molecule has 0 bridgehead atoms. The van der Waals surface area contributed by atoms with Crippen LogP contribution in [0.4, 0.5) is 0 Å². The van der Waals surface area contributed by atoms with Gasteiger partial charge in [0.25, 0.3) is 0 Å². The molecular formula is C10H6ClN3O2. The molecule has 0 aliphatic heterocycles. The number of aromatic nitrogens is 3. The van der Waals surface area contributed by atoms with Gasteiger partial charge in [0, 0.05) is 11.8 Å². The van der Waals surface area contributed by atoms with Gasteiger partial charge in [-0.15, -0.1) is 0 Å². The van der Waals surface area contributed by atoms with Crippen LogP contribution in [0.2, 0.25) is 5.15 Å². The molecule has 0 fully saturated rings. The molecule has 80 valence electrons. The topological polar surface area (TPSA) is 76.0 Å². The Bertz CT molecular complexity index is 545. The zero-order valence-corrected chi connectivity index (χ0v) is 8.72. The number of carbonyl (C=O) groups is 1. The number of hydrogen-bond acceptors (Lipinski definition) is 4. The highest BCUT2D eigenvalue weighted by Crippen LogP contribution is 2.19. The highest BCUT2D eigenvalue weighted by Gasteiger charge is 2.07. The molecule has 2 heterocycles. The Balaban J connectivity index is 2.48. The third-order valence-corrected chi connectivity index (χ3v) is 2.12. The van der Waals surface area contributed by atoms with Gasteiger partial charge in [0.05, 0.1) is 5.69 Å². The minimum Gasteiger partial charge on any atom is -0.477 e. The molecule has 0 aliphatic rings. The third kappa shape index (κ3) is 2.14. The second-order valence-corrected chi connectivity index (χ2v) is 3.35. The van der Waals surface area contributed by atoms with E-state index in [1.165, 1.54) is 18.6 Å². The van der Waals surface area contributed by atoms with Crippen molar-refractivity contribution in [2.24, 2.45) is 0 Å². The number of rotatable bonds is 2. The number of pyridine rings is 1. The van der Waals surface area contributed by atoms with Crippen molar-refractivity contribution in [1.82, 2.24) is 15.0 Å². The molecule has 0 atom stereocenters. The van der Waals surface area contributed by atoms with Gasteiger partial charge in [-0.25, -0.2) is 19.7 Å². The van der Waals surface area contributed by atoms with E-state index in [1.807, 2.05) is 0 Å². The van der Waals surface area contributed by atoms with Crippen molar-refractivity contribution >= 4 is 17.6 Å². The van der Waals surface area contributed by atoms with Crippen LogP contribution >= 0.6 is 11.6 Å². The molecular weight excluding hydrogens is 230 g/mol. The number of halogens is 1. The first-order chi connectivity index (χ1) is 7.66. The number of carboxylic acids is 1. The summed E-state index contributed by atoms with van der Waals surface area (Å²) in [6.07, 6.45) is 2.73. The lowest BCUT2D eigenvalue weighted by atomic mass is 10.2. The quantitative estimate of drug-likeness (QED) is 0.805. The molecule has 6 heteroatoms. The monoisotopic (exact) mass is 235 g/mol. The first kappa shape index (κ1) is 10.5. The molecule has 0 saturated carbocycles. The lowest BCUT2D eigenvalue weighted by Gasteiger charge is -2.01. The maximum Gasteiger partial charge on any atom is 0.354 e. The summed E-state index contributed by atoms with van der Waals surface area (Å²) < 4.78 is 0. The highest BCUT2D eigenvalue weighted by atomic mass is 35.5. The van der Waals surface area contributed by atoms with Gasteiger partial charge in [0.1, 0.15) is 11.5 Å². The second kappa shape index (κ2) is 4.24. The van der Waals surface area contributed by atoms with Gasteiger partial charge in [0.2, 0.25) is 0 Å². The van der Waals surface area contributed by atoms with E-state index in [4.69, 9.17) is 16.7 Å². The van der Waals surface area contributed by atoms with Crippen molar-refractivity contribution in [3.8, 4) is 11.3 Å². The summed E-state index contributed by atoms with van der Waals surface area (Å²) in [5, 5.41) is 9.11. The second-order valence-electron chi connectivity index (χ2n) is 2.96. The van der Waals surface area contributed by atoms with Gasteiger partial charge in [-0.2, -0.15) is 0 Å². The Morgan fingerprint density at radius 1 is 1.25 bits per heavy atom. The zero-order chi connectivity index (χ0) is 11.5. The van der Waals surface area contributed by atoms with Crippen LogP contribution in [-0.2, 0) is 0 Å². The van der Waals surface area contributed by atoms with E-state index in [2.05, 4.69) is 15.0 Å². The van der Waals surface area contributed by atoms with Crippen LogP contribution in [0.25, 0.3) is 11.3 Å². The van der Waals surface area contributed by atoms with Crippen molar-refractivity contribution in [1.29, 1.82) is 0 Å². The summed E-state index contributed by atoms with van der Waals surface area (Å²) in [4.78, 5) is 22.2. The Hall–Kier alpha value is -2.01. The minimum absolute atomic E-state index is 0.0575. The first-order valence-electron chi connectivity index (χ1n) is 4.34. The maximum atomic E-state index is 10.7. The fourth-order valence-electron chi connectivity index (χ4n) is 1.19. The van der Waals surface area contributed by atoms with Gasteiger partial charge >= 0.3 is 5.97 Å². The summed E-state index contributed by atoms with van der Waals surface area (Å²) in [7, 11) is 0. The standard InChI is InChI=1S/C10H6ClN3O2/c11-9-3-6(1-2-12-9)7-4-8(10(15)16)14-5-13-7/h1-5H,(H,15,16). The van der Waals surface area contributed by atoms with Gasteiger partial charge in [-0.3, -0.25) is 0 Å². The Morgan fingerprint density at radius 2 is 2.06 bits per heavy atom. The highest BCUT2D eigenvalue weighted by molar-refractivity contribution is 6.29. The van der Waals surface area contributed by atoms with E-state index in [0.29, 0.717) is 16.4 Å². The molecule has 2 aromatic rings. The van der Waals surface area contributed by atoms with Crippen LogP contribution in [0.5, 0.6) is 0 Å². The largest absolute Gasteiger partial charge is 0.477 e. The molecule has 5 nitrogen and oxygen atoms in total. The maximum absolute atomic E-state index is 10.7. The van der Waals surface area contributed by atoms with E-state index >= 15 is 0 Å². The van der Waals surface area contributed by atoms with Crippen LogP contribution < -0.4 is 0 Å². The SMILES string of the molecule is O=C(O)c1cc(-c2ccnc(Cl)c2)ncn1. The van der Waals surface area contributed by atoms with Crippen LogP contribution in [0, 0.1) is 0 Å². The van der Waals surface area contributed by atoms with E-state index in [-0.39, 0.29) is 5.69 Å². The lowest BCUT2D eigenvalue weighted by Crippen LogP contribution is -2.01. The molecule has 0 aromatic carbocycles. The molecule has 0 amide bonds. The summed E-state index contributed by atoms with van der Waals surface area (Å²) in [5.74, 6) is -1.09. The molecule has 1 N–H and O–H groups in total. The first-order valence-corrected chi connectivity index (χ1v) is 4.72. The van der Waals surface area contributed by atoms with Crippen molar-refractivity contribution in [2.45, 2.75) is 0 Å². The average Bonchev–Trinajstić information content (AvgIpc) is 2.29. The van der Waals surface area contributed by atoms with Crippen molar-refractivity contribution in [3.63, 3.8) is 0 Å². The fourth-order valence-corrected chi connectivity index (χ4v) is 1.37. The van der Waals surface area contributed by atoms with E-state index in [1.54, 1.807) is 12.1 Å². The summed E-state index contributed by atoms with van der Waals surface area (Å²) in [5.41, 5.74) is 1.14. The van der Waals surface area contributed by atoms with E-state index < -0.39 is 5.97 Å². The van der Waals surface area contributed by atoms with Crippen LogP contribution in [0.1, 0.15) is 10.5 Å². The summed E-state index contributed by atoms with van der Waals surface area (Å²) in [6, 6.07) is 4.68. The normalized spacial score (nSPS) is 10.1. The van der Waals surface area contributed by atoms with Crippen LogP contribution in [0.3, 0.4) is 0 Å².